The van der Waals surface area contributed by atoms with Gasteiger partial charge in [-0.1, -0.05) is 30.3 Å². The molecule has 0 spiro atoms. The summed E-state index contributed by atoms with van der Waals surface area (Å²) in [4.78, 5) is 35.9. The number of carbonyl (C=O) groups is 3. The van der Waals surface area contributed by atoms with Gasteiger partial charge in [-0.3, -0.25) is 19.3 Å². The Labute approximate surface area is 173 Å². The van der Waals surface area contributed by atoms with Crippen molar-refractivity contribution < 1.29 is 24.2 Å². The lowest BCUT2D eigenvalue weighted by molar-refractivity contribution is -0.140. The summed E-state index contributed by atoms with van der Waals surface area (Å²) in [7, 11) is 0. The van der Waals surface area contributed by atoms with Gasteiger partial charge < -0.3 is 9.84 Å². The molecule has 0 radical (unpaired) electrons. The lowest BCUT2D eigenvalue weighted by atomic mass is 10.1. The summed E-state index contributed by atoms with van der Waals surface area (Å²) in [5.74, 6) is -1.28. The number of ether oxygens (including phenoxy) is 1. The Kier molecular flexibility index (Phi) is 6.17. The molecule has 2 amide bonds. The van der Waals surface area contributed by atoms with Crippen molar-refractivity contribution in [2.24, 2.45) is 0 Å². The summed E-state index contributed by atoms with van der Waals surface area (Å²) in [6.45, 7) is -0.283. The smallest absolute Gasteiger partial charge is 0.323 e. The summed E-state index contributed by atoms with van der Waals surface area (Å²) in [5, 5.41) is 8.24. The molecule has 0 aliphatic carbocycles. The Morgan fingerprint density at radius 2 is 1.85 bits per heavy atom. The number of carboxylic acids is 1. The average Bonchev–Trinajstić information content (AvgIpc) is 2.89. The molecule has 0 aromatic heterocycles. The fraction of sp³-hybridized carbons (Fsp3) is 0.105. The zero-order valence-corrected chi connectivity index (χ0v) is 16.9. The molecule has 1 heterocycles. The Morgan fingerprint density at radius 1 is 1.15 bits per heavy atom. The van der Waals surface area contributed by atoms with Gasteiger partial charge in [0.15, 0.2) is 0 Å². The molecule has 0 atom stereocenters. The molecular weight excluding hydrogens is 481 g/mol. The minimum absolute atomic E-state index is 0.173. The highest BCUT2D eigenvalue weighted by Gasteiger charge is 2.36. The van der Waals surface area contributed by atoms with Crippen molar-refractivity contribution in [1.29, 1.82) is 0 Å². The summed E-state index contributed by atoms with van der Waals surface area (Å²) in [6, 6.07) is 15.1. The second-order valence-electron chi connectivity index (χ2n) is 5.61. The maximum Gasteiger partial charge on any atom is 0.323 e. The number of aliphatic carboxylic acids is 1. The predicted molar refractivity (Wildman–Crippen MR) is 110 cm³/mol. The highest BCUT2D eigenvalue weighted by molar-refractivity contribution is 14.1. The van der Waals surface area contributed by atoms with Crippen LogP contribution >= 0.6 is 34.4 Å². The summed E-state index contributed by atoms with van der Waals surface area (Å²) >= 11 is 2.95. The van der Waals surface area contributed by atoms with Gasteiger partial charge in [-0.05, 0) is 64.2 Å². The number of para-hydroxylation sites is 1. The van der Waals surface area contributed by atoms with E-state index in [1.165, 1.54) is 0 Å². The Morgan fingerprint density at radius 3 is 2.56 bits per heavy atom. The maximum atomic E-state index is 12.3. The van der Waals surface area contributed by atoms with Crippen LogP contribution < -0.4 is 4.74 Å². The predicted octanol–water partition coefficient (Wildman–Crippen LogP) is 3.99. The van der Waals surface area contributed by atoms with Crippen molar-refractivity contribution >= 4 is 57.5 Å². The molecule has 1 aliphatic heterocycles. The van der Waals surface area contributed by atoms with Gasteiger partial charge in [0, 0.05) is 9.13 Å². The van der Waals surface area contributed by atoms with Gasteiger partial charge in [-0.25, -0.2) is 0 Å². The standard InChI is InChI=1S/C19H14INO5S/c20-14-7-5-12(6-8-14)11-26-15-4-2-1-3-13(15)9-16-18(24)21(10-17(22)23)19(25)27-16/h1-9H,10-11H2,(H,22,23). The number of nitrogens with zero attached hydrogens (tertiary/aromatic N) is 1. The first kappa shape index (κ1) is 19.4. The minimum atomic E-state index is -1.24. The fourth-order valence-electron chi connectivity index (χ4n) is 2.39. The molecular formula is C19H14INO5S. The number of rotatable bonds is 6. The monoisotopic (exact) mass is 495 g/mol. The van der Waals surface area contributed by atoms with Crippen LogP contribution in [0.15, 0.2) is 53.4 Å². The molecule has 1 fully saturated rings. The van der Waals surface area contributed by atoms with Crippen LogP contribution in [0.3, 0.4) is 0 Å². The van der Waals surface area contributed by atoms with Gasteiger partial charge >= 0.3 is 5.97 Å². The van der Waals surface area contributed by atoms with Crippen molar-refractivity contribution in [2.45, 2.75) is 6.61 Å². The molecule has 2 aromatic carbocycles. The van der Waals surface area contributed by atoms with Crippen LogP contribution in [-0.2, 0) is 16.2 Å². The van der Waals surface area contributed by atoms with E-state index >= 15 is 0 Å². The van der Waals surface area contributed by atoms with Crippen LogP contribution in [0.4, 0.5) is 4.79 Å². The molecule has 0 bridgehead atoms. The number of carbonyl (C=O) groups excluding carboxylic acids is 2. The topological polar surface area (TPSA) is 83.9 Å². The lowest BCUT2D eigenvalue weighted by Gasteiger charge is -2.10. The Balaban J connectivity index is 1.78. The van der Waals surface area contributed by atoms with Crippen molar-refractivity contribution in [3.63, 3.8) is 0 Å². The molecule has 2 aromatic rings. The molecule has 0 unspecified atom stereocenters. The number of halogens is 1. The summed E-state index contributed by atoms with van der Waals surface area (Å²) in [6.07, 6.45) is 1.55. The Bertz CT molecular complexity index is 926. The van der Waals surface area contributed by atoms with Gasteiger partial charge in [0.1, 0.15) is 18.9 Å². The quantitative estimate of drug-likeness (QED) is 0.482. The first-order chi connectivity index (χ1) is 12.9. The first-order valence-electron chi connectivity index (χ1n) is 7.87. The van der Waals surface area contributed by atoms with E-state index in [1.54, 1.807) is 24.3 Å². The third kappa shape index (κ3) is 4.89. The van der Waals surface area contributed by atoms with Crippen molar-refractivity contribution in [2.75, 3.05) is 6.54 Å². The van der Waals surface area contributed by atoms with E-state index < -0.39 is 23.7 Å². The molecule has 1 saturated heterocycles. The molecule has 6 nitrogen and oxygen atoms in total. The van der Waals surface area contributed by atoms with Crippen LogP contribution in [0.25, 0.3) is 6.08 Å². The number of hydrogen-bond donors (Lipinski definition) is 1. The average molecular weight is 495 g/mol. The van der Waals surface area contributed by atoms with Crippen molar-refractivity contribution in [3.05, 3.63) is 68.1 Å². The number of carboxylic acid groups (broad SMARTS) is 1. The largest absolute Gasteiger partial charge is 0.488 e. The van der Waals surface area contributed by atoms with Gasteiger partial charge in [0.05, 0.1) is 4.91 Å². The van der Waals surface area contributed by atoms with Crippen LogP contribution in [0.1, 0.15) is 11.1 Å². The first-order valence-corrected chi connectivity index (χ1v) is 9.77. The van der Waals surface area contributed by atoms with Crippen LogP contribution in [0.5, 0.6) is 5.75 Å². The molecule has 8 heteroatoms. The second-order valence-corrected chi connectivity index (χ2v) is 7.85. The third-order valence-electron chi connectivity index (χ3n) is 3.68. The number of thioether (sulfide) groups is 1. The Hall–Kier alpha value is -2.33. The normalized spacial score (nSPS) is 15.4. The highest BCUT2D eigenvalue weighted by atomic mass is 127. The third-order valence-corrected chi connectivity index (χ3v) is 5.31. The maximum absolute atomic E-state index is 12.3. The molecule has 138 valence electrons. The number of hydrogen-bond acceptors (Lipinski definition) is 5. The van der Waals surface area contributed by atoms with Gasteiger partial charge in [-0.2, -0.15) is 0 Å². The fourth-order valence-corrected chi connectivity index (χ4v) is 3.57. The number of benzene rings is 2. The molecule has 27 heavy (non-hydrogen) atoms. The molecule has 0 saturated carbocycles. The van der Waals surface area contributed by atoms with Gasteiger partial charge in [0.25, 0.3) is 11.1 Å². The highest BCUT2D eigenvalue weighted by Crippen LogP contribution is 2.34. The molecule has 1 N–H and O–H groups in total. The van der Waals surface area contributed by atoms with E-state index in [1.807, 2.05) is 30.3 Å². The molecule has 3 rings (SSSR count). The van der Waals surface area contributed by atoms with E-state index in [2.05, 4.69) is 22.6 Å². The van der Waals surface area contributed by atoms with Crippen LogP contribution in [-0.4, -0.2) is 33.7 Å². The summed E-state index contributed by atoms with van der Waals surface area (Å²) < 4.78 is 7.00. The van der Waals surface area contributed by atoms with Crippen molar-refractivity contribution in [3.8, 4) is 5.75 Å². The van der Waals surface area contributed by atoms with E-state index in [0.29, 0.717) is 22.8 Å². The van der Waals surface area contributed by atoms with Gasteiger partial charge in [0.2, 0.25) is 0 Å². The van der Waals surface area contributed by atoms with Crippen molar-refractivity contribution in [1.82, 2.24) is 4.90 Å². The SMILES string of the molecule is O=C(O)CN1C(=O)SC(=Cc2ccccc2OCc2ccc(I)cc2)C1=O. The van der Waals surface area contributed by atoms with Crippen LogP contribution in [0, 0.1) is 3.57 Å². The second kappa shape index (κ2) is 8.57. The van der Waals surface area contributed by atoms with E-state index in [0.717, 1.165) is 20.9 Å². The lowest BCUT2D eigenvalue weighted by Crippen LogP contribution is -2.33. The number of imide groups is 1. The van der Waals surface area contributed by atoms with E-state index in [-0.39, 0.29) is 4.91 Å². The minimum Gasteiger partial charge on any atom is -0.488 e. The van der Waals surface area contributed by atoms with Gasteiger partial charge in [-0.15, -0.1) is 0 Å². The zero-order chi connectivity index (χ0) is 19.4. The summed E-state index contributed by atoms with van der Waals surface area (Å²) in [5.41, 5.74) is 1.65. The zero-order valence-electron chi connectivity index (χ0n) is 13.9. The van der Waals surface area contributed by atoms with E-state index in [9.17, 15) is 14.4 Å². The number of amides is 2. The van der Waals surface area contributed by atoms with Crippen LogP contribution in [0.2, 0.25) is 0 Å². The van der Waals surface area contributed by atoms with E-state index in [4.69, 9.17) is 9.84 Å². The molecule has 1 aliphatic rings.